The molecule has 0 atom stereocenters. The number of amides is 1. The number of benzene rings is 2. The van der Waals surface area contributed by atoms with E-state index in [0.717, 1.165) is 54.2 Å². The van der Waals surface area contributed by atoms with Gasteiger partial charge in [0.15, 0.2) is 0 Å². The molecule has 0 spiro atoms. The highest BCUT2D eigenvalue weighted by molar-refractivity contribution is 6.30. The summed E-state index contributed by atoms with van der Waals surface area (Å²) >= 11 is 5.94. The second-order valence-corrected chi connectivity index (χ2v) is 7.41. The van der Waals surface area contributed by atoms with E-state index < -0.39 is 0 Å². The van der Waals surface area contributed by atoms with Crippen LogP contribution in [0.5, 0.6) is 0 Å². The van der Waals surface area contributed by atoms with Crippen molar-refractivity contribution in [1.82, 2.24) is 10.2 Å². The van der Waals surface area contributed by atoms with Gasteiger partial charge in [-0.1, -0.05) is 41.4 Å². The van der Waals surface area contributed by atoms with E-state index in [0.29, 0.717) is 0 Å². The van der Waals surface area contributed by atoms with Crippen LogP contribution in [0.15, 0.2) is 42.5 Å². The van der Waals surface area contributed by atoms with Crippen molar-refractivity contribution >= 4 is 17.5 Å². The van der Waals surface area contributed by atoms with Gasteiger partial charge in [-0.3, -0.25) is 9.69 Å². The second kappa shape index (κ2) is 8.03. The Morgan fingerprint density at radius 2 is 1.80 bits per heavy atom. The molecule has 1 N–H and O–H groups in total. The fourth-order valence-electron chi connectivity index (χ4n) is 3.33. The zero-order chi connectivity index (χ0) is 17.8. The highest BCUT2D eigenvalue weighted by Gasteiger charge is 2.21. The molecule has 3 nitrogen and oxygen atoms in total. The Bertz CT molecular complexity index is 734. The molecular weight excluding hydrogens is 332 g/mol. The van der Waals surface area contributed by atoms with E-state index in [2.05, 4.69) is 22.3 Å². The van der Waals surface area contributed by atoms with Crippen LogP contribution in [0, 0.1) is 13.8 Å². The molecule has 0 aromatic heterocycles. The van der Waals surface area contributed by atoms with E-state index in [9.17, 15) is 4.79 Å². The Hall–Kier alpha value is -1.84. The molecule has 1 saturated heterocycles. The highest BCUT2D eigenvalue weighted by atomic mass is 35.5. The summed E-state index contributed by atoms with van der Waals surface area (Å²) in [6, 6.07) is 14.3. The quantitative estimate of drug-likeness (QED) is 0.883. The van der Waals surface area contributed by atoms with Gasteiger partial charge in [0.2, 0.25) is 0 Å². The Labute approximate surface area is 155 Å². The first-order chi connectivity index (χ1) is 12.0. The normalized spacial score (nSPS) is 16.0. The molecule has 25 heavy (non-hydrogen) atoms. The van der Waals surface area contributed by atoms with Crippen LogP contribution in [0.25, 0.3) is 0 Å². The molecule has 4 heteroatoms. The molecule has 0 bridgehead atoms. The van der Waals surface area contributed by atoms with Crippen molar-refractivity contribution in [3.63, 3.8) is 0 Å². The largest absolute Gasteiger partial charge is 0.349 e. The number of hydrogen-bond acceptors (Lipinski definition) is 2. The first kappa shape index (κ1) is 18.0. The zero-order valence-corrected chi connectivity index (χ0v) is 15.6. The van der Waals surface area contributed by atoms with Crippen molar-refractivity contribution in [2.45, 2.75) is 39.3 Å². The van der Waals surface area contributed by atoms with Crippen LogP contribution in [0.1, 0.15) is 39.9 Å². The monoisotopic (exact) mass is 356 g/mol. The Morgan fingerprint density at radius 3 is 2.48 bits per heavy atom. The van der Waals surface area contributed by atoms with Crippen LogP contribution in [0.4, 0.5) is 0 Å². The average Bonchev–Trinajstić information content (AvgIpc) is 2.60. The first-order valence-electron chi connectivity index (χ1n) is 8.86. The number of carbonyl (C=O) groups is 1. The van der Waals surface area contributed by atoms with Crippen LogP contribution in [-0.4, -0.2) is 29.9 Å². The fourth-order valence-corrected chi connectivity index (χ4v) is 3.45. The van der Waals surface area contributed by atoms with Gasteiger partial charge in [-0.25, -0.2) is 0 Å². The third-order valence-corrected chi connectivity index (χ3v) is 5.13. The van der Waals surface area contributed by atoms with Crippen LogP contribution >= 0.6 is 11.6 Å². The Morgan fingerprint density at radius 1 is 1.12 bits per heavy atom. The predicted octanol–water partition coefficient (Wildman–Crippen LogP) is 4.35. The minimum atomic E-state index is 0.0531. The van der Waals surface area contributed by atoms with Gasteiger partial charge in [-0.15, -0.1) is 0 Å². The van der Waals surface area contributed by atoms with Crippen molar-refractivity contribution in [3.05, 3.63) is 69.7 Å². The maximum Gasteiger partial charge on any atom is 0.251 e. The van der Waals surface area contributed by atoms with Crippen molar-refractivity contribution in [2.24, 2.45) is 0 Å². The number of halogens is 1. The number of rotatable bonds is 4. The van der Waals surface area contributed by atoms with Crippen LogP contribution in [-0.2, 0) is 6.54 Å². The summed E-state index contributed by atoms with van der Waals surface area (Å²) < 4.78 is 0. The van der Waals surface area contributed by atoms with Gasteiger partial charge < -0.3 is 5.32 Å². The van der Waals surface area contributed by atoms with Gasteiger partial charge in [0.1, 0.15) is 0 Å². The molecule has 0 saturated carbocycles. The van der Waals surface area contributed by atoms with E-state index in [1.807, 2.05) is 44.2 Å². The van der Waals surface area contributed by atoms with Gasteiger partial charge in [-0.2, -0.15) is 0 Å². The van der Waals surface area contributed by atoms with Crippen molar-refractivity contribution < 1.29 is 4.79 Å². The lowest BCUT2D eigenvalue weighted by atomic mass is 10.0. The molecule has 132 valence electrons. The van der Waals surface area contributed by atoms with Gasteiger partial charge >= 0.3 is 0 Å². The van der Waals surface area contributed by atoms with E-state index in [-0.39, 0.29) is 11.9 Å². The van der Waals surface area contributed by atoms with Gasteiger partial charge in [-0.05, 0) is 56.0 Å². The van der Waals surface area contributed by atoms with Crippen molar-refractivity contribution in [3.8, 4) is 0 Å². The lowest BCUT2D eigenvalue weighted by Crippen LogP contribution is -2.44. The summed E-state index contributed by atoms with van der Waals surface area (Å²) in [6.45, 7) is 6.95. The number of nitrogens with one attached hydrogen (secondary N) is 1. The molecule has 0 unspecified atom stereocenters. The Kier molecular flexibility index (Phi) is 5.77. The third kappa shape index (κ3) is 4.83. The van der Waals surface area contributed by atoms with E-state index in [1.54, 1.807) is 0 Å². The number of aryl methyl sites for hydroxylation is 2. The maximum absolute atomic E-state index is 12.6. The molecule has 1 aliphatic heterocycles. The molecule has 1 amide bonds. The molecule has 2 aromatic rings. The molecule has 0 radical (unpaired) electrons. The van der Waals surface area contributed by atoms with Crippen molar-refractivity contribution in [1.29, 1.82) is 0 Å². The third-order valence-electron chi connectivity index (χ3n) is 4.88. The average molecular weight is 357 g/mol. The second-order valence-electron chi connectivity index (χ2n) is 6.97. The highest BCUT2D eigenvalue weighted by Crippen LogP contribution is 2.17. The van der Waals surface area contributed by atoms with Crippen LogP contribution in [0.3, 0.4) is 0 Å². The summed E-state index contributed by atoms with van der Waals surface area (Å²) in [5.74, 6) is 0.0531. The lowest BCUT2D eigenvalue weighted by molar-refractivity contribution is 0.0908. The summed E-state index contributed by atoms with van der Waals surface area (Å²) in [5, 5.41) is 3.99. The molecule has 0 aliphatic carbocycles. The molecule has 1 fully saturated rings. The van der Waals surface area contributed by atoms with Crippen molar-refractivity contribution in [2.75, 3.05) is 13.1 Å². The summed E-state index contributed by atoms with van der Waals surface area (Å²) in [5.41, 5.74) is 4.22. The standard InChI is InChI=1S/C21H25ClN2O/c1-15-3-4-16(2)20(13-15)21(25)23-19-9-11-24(12-10-19)14-17-5-7-18(22)8-6-17/h3-8,13,19H,9-12,14H2,1-2H3,(H,23,25). The number of carbonyl (C=O) groups excluding carboxylic acids is 1. The molecule has 2 aromatic carbocycles. The first-order valence-corrected chi connectivity index (χ1v) is 9.24. The van der Waals surface area contributed by atoms with E-state index in [4.69, 9.17) is 11.6 Å². The van der Waals surface area contributed by atoms with Gasteiger partial charge in [0.25, 0.3) is 5.91 Å². The lowest BCUT2D eigenvalue weighted by Gasteiger charge is -2.32. The molecule has 3 rings (SSSR count). The Balaban J connectivity index is 1.51. The van der Waals surface area contributed by atoms with E-state index >= 15 is 0 Å². The minimum Gasteiger partial charge on any atom is -0.349 e. The minimum absolute atomic E-state index is 0.0531. The fraction of sp³-hybridized carbons (Fsp3) is 0.381. The molecule has 1 heterocycles. The van der Waals surface area contributed by atoms with Gasteiger partial charge in [0, 0.05) is 36.3 Å². The number of piperidine rings is 1. The summed E-state index contributed by atoms with van der Waals surface area (Å²) in [6.07, 6.45) is 1.98. The SMILES string of the molecule is Cc1ccc(C)c(C(=O)NC2CCN(Cc3ccc(Cl)cc3)CC2)c1. The smallest absolute Gasteiger partial charge is 0.251 e. The zero-order valence-electron chi connectivity index (χ0n) is 14.9. The summed E-state index contributed by atoms with van der Waals surface area (Å²) in [7, 11) is 0. The van der Waals surface area contributed by atoms with Gasteiger partial charge in [0.05, 0.1) is 0 Å². The molecular formula is C21H25ClN2O. The van der Waals surface area contributed by atoms with Crippen LogP contribution < -0.4 is 5.32 Å². The van der Waals surface area contributed by atoms with E-state index in [1.165, 1.54) is 5.56 Å². The number of nitrogens with zero attached hydrogens (tertiary/aromatic N) is 1. The maximum atomic E-state index is 12.6. The topological polar surface area (TPSA) is 32.3 Å². The summed E-state index contributed by atoms with van der Waals surface area (Å²) in [4.78, 5) is 15.0. The number of hydrogen-bond donors (Lipinski definition) is 1. The predicted molar refractivity (Wildman–Crippen MR) is 103 cm³/mol. The number of likely N-dealkylation sites (tertiary alicyclic amines) is 1. The molecule has 1 aliphatic rings. The van der Waals surface area contributed by atoms with Crippen LogP contribution in [0.2, 0.25) is 5.02 Å².